The minimum Gasteiger partial charge on any atom is -0.497 e. The van der Waals surface area contributed by atoms with Crippen molar-refractivity contribution in [2.45, 2.75) is 0 Å². The number of carboxylic acid groups (broad SMARTS) is 1. The molecule has 0 fully saturated rings. The molecule has 4 nitrogen and oxygen atoms in total. The topological polar surface area (TPSA) is 58.6 Å². The smallest absolute Gasteiger partial charge is 0.337 e. The molecule has 22 heavy (non-hydrogen) atoms. The molecule has 0 heterocycles. The number of fused-ring (bicyclic) bond motifs is 1. The van der Waals surface area contributed by atoms with Crippen LogP contribution in [0.1, 0.15) is 10.4 Å². The van der Waals surface area contributed by atoms with Gasteiger partial charge in [0, 0.05) is 5.69 Å². The molecule has 3 rings (SSSR count). The van der Waals surface area contributed by atoms with Crippen molar-refractivity contribution in [2.24, 2.45) is 0 Å². The number of benzene rings is 3. The molecule has 0 unspecified atom stereocenters. The fourth-order valence-electron chi connectivity index (χ4n) is 2.36. The van der Waals surface area contributed by atoms with Gasteiger partial charge in [-0.25, -0.2) is 4.79 Å². The summed E-state index contributed by atoms with van der Waals surface area (Å²) >= 11 is 0. The fraction of sp³-hybridized carbons (Fsp3) is 0.0556. The normalized spacial score (nSPS) is 10.4. The van der Waals surface area contributed by atoms with Crippen LogP contribution in [0.3, 0.4) is 0 Å². The van der Waals surface area contributed by atoms with E-state index in [9.17, 15) is 9.90 Å². The van der Waals surface area contributed by atoms with Crippen molar-refractivity contribution < 1.29 is 14.6 Å². The third kappa shape index (κ3) is 2.72. The highest BCUT2D eigenvalue weighted by Gasteiger charge is 2.09. The molecule has 0 amide bonds. The van der Waals surface area contributed by atoms with Crippen LogP contribution in [0.5, 0.6) is 5.75 Å². The summed E-state index contributed by atoms with van der Waals surface area (Å²) in [6.07, 6.45) is 0. The molecule has 3 aromatic carbocycles. The van der Waals surface area contributed by atoms with Gasteiger partial charge in [-0.05, 0) is 47.2 Å². The molecule has 0 atom stereocenters. The number of aromatic carboxylic acids is 1. The number of rotatable bonds is 4. The van der Waals surface area contributed by atoms with Gasteiger partial charge in [-0.2, -0.15) is 0 Å². The molecular weight excluding hydrogens is 278 g/mol. The molecule has 110 valence electrons. The van der Waals surface area contributed by atoms with E-state index in [-0.39, 0.29) is 5.56 Å². The molecule has 0 spiro atoms. The number of ether oxygens (including phenoxy) is 1. The number of nitrogens with one attached hydrogen (secondary N) is 1. The third-order valence-corrected chi connectivity index (χ3v) is 3.48. The van der Waals surface area contributed by atoms with E-state index >= 15 is 0 Å². The van der Waals surface area contributed by atoms with Gasteiger partial charge in [0.2, 0.25) is 0 Å². The molecule has 0 aromatic heterocycles. The van der Waals surface area contributed by atoms with Crippen molar-refractivity contribution in [1.29, 1.82) is 0 Å². The summed E-state index contributed by atoms with van der Waals surface area (Å²) in [7, 11) is 1.64. The van der Waals surface area contributed by atoms with E-state index in [0.717, 1.165) is 22.2 Å². The van der Waals surface area contributed by atoms with Gasteiger partial charge in [0.05, 0.1) is 18.4 Å². The first kappa shape index (κ1) is 13.9. The number of carboxylic acids is 1. The van der Waals surface area contributed by atoms with Crippen LogP contribution in [0.25, 0.3) is 10.8 Å². The summed E-state index contributed by atoms with van der Waals surface area (Å²) in [4.78, 5) is 11.2. The predicted octanol–water partition coefficient (Wildman–Crippen LogP) is 4.29. The Labute approximate surface area is 128 Å². The lowest BCUT2D eigenvalue weighted by molar-refractivity contribution is 0.0698. The van der Waals surface area contributed by atoms with Crippen molar-refractivity contribution in [3.05, 3.63) is 66.2 Å². The Morgan fingerprint density at radius 3 is 2.50 bits per heavy atom. The average Bonchev–Trinajstić information content (AvgIpc) is 2.54. The van der Waals surface area contributed by atoms with E-state index in [1.54, 1.807) is 31.4 Å². The maximum absolute atomic E-state index is 11.2. The largest absolute Gasteiger partial charge is 0.497 e. The van der Waals surface area contributed by atoms with Crippen molar-refractivity contribution in [2.75, 3.05) is 12.4 Å². The summed E-state index contributed by atoms with van der Waals surface area (Å²) < 4.78 is 5.21. The Balaban J connectivity index is 1.96. The van der Waals surface area contributed by atoms with Crippen molar-refractivity contribution in [3.63, 3.8) is 0 Å². The number of methoxy groups -OCH3 is 1. The predicted molar refractivity (Wildman–Crippen MR) is 87.2 cm³/mol. The maximum Gasteiger partial charge on any atom is 0.337 e. The first-order chi connectivity index (χ1) is 10.7. The quantitative estimate of drug-likeness (QED) is 0.753. The molecule has 0 aliphatic carbocycles. The number of hydrogen-bond donors (Lipinski definition) is 2. The van der Waals surface area contributed by atoms with Crippen LogP contribution in [0.4, 0.5) is 11.4 Å². The monoisotopic (exact) mass is 293 g/mol. The first-order valence-corrected chi connectivity index (χ1v) is 6.84. The highest BCUT2D eigenvalue weighted by Crippen LogP contribution is 2.26. The lowest BCUT2D eigenvalue weighted by Crippen LogP contribution is -2.02. The molecule has 0 aliphatic heterocycles. The van der Waals surface area contributed by atoms with Gasteiger partial charge in [0.15, 0.2) is 0 Å². The van der Waals surface area contributed by atoms with Gasteiger partial charge in [-0.3, -0.25) is 0 Å². The van der Waals surface area contributed by atoms with Crippen LogP contribution >= 0.6 is 0 Å². The van der Waals surface area contributed by atoms with Crippen molar-refractivity contribution in [1.82, 2.24) is 0 Å². The minimum absolute atomic E-state index is 0.248. The fourth-order valence-corrected chi connectivity index (χ4v) is 2.36. The van der Waals surface area contributed by atoms with Gasteiger partial charge >= 0.3 is 5.97 Å². The summed E-state index contributed by atoms with van der Waals surface area (Å²) in [5.74, 6) is -0.141. The standard InChI is InChI=1S/C18H15NO3/c1-22-15-9-7-12-10-14(8-6-13(12)11-15)19-17-5-3-2-4-16(17)18(20)21/h2-11,19H,1H3,(H,20,21). The van der Waals surface area contributed by atoms with Crippen LogP contribution in [0.15, 0.2) is 60.7 Å². The molecule has 0 saturated heterocycles. The third-order valence-electron chi connectivity index (χ3n) is 3.48. The maximum atomic E-state index is 11.2. The molecule has 0 bridgehead atoms. The van der Waals surface area contributed by atoms with Gasteiger partial charge in [0.25, 0.3) is 0 Å². The zero-order valence-electron chi connectivity index (χ0n) is 12.0. The van der Waals surface area contributed by atoms with E-state index in [4.69, 9.17) is 4.74 Å². The van der Waals surface area contributed by atoms with Crippen LogP contribution < -0.4 is 10.1 Å². The van der Waals surface area contributed by atoms with Gasteiger partial charge < -0.3 is 15.2 Å². The second-order valence-electron chi connectivity index (χ2n) is 4.90. The van der Waals surface area contributed by atoms with Crippen LogP contribution in [-0.2, 0) is 0 Å². The molecular formula is C18H15NO3. The number of anilines is 2. The molecule has 0 radical (unpaired) electrons. The van der Waals surface area contributed by atoms with Crippen LogP contribution in [0.2, 0.25) is 0 Å². The van der Waals surface area contributed by atoms with E-state index in [1.807, 2.05) is 36.4 Å². The van der Waals surface area contributed by atoms with Gasteiger partial charge in [-0.15, -0.1) is 0 Å². The van der Waals surface area contributed by atoms with E-state index in [1.165, 1.54) is 0 Å². The molecule has 0 aliphatic rings. The zero-order chi connectivity index (χ0) is 15.5. The molecule has 0 saturated carbocycles. The molecule has 4 heteroatoms. The second kappa shape index (κ2) is 5.77. The first-order valence-electron chi connectivity index (χ1n) is 6.84. The lowest BCUT2D eigenvalue weighted by atomic mass is 10.1. The Bertz CT molecular complexity index is 843. The summed E-state index contributed by atoms with van der Waals surface area (Å²) in [6, 6.07) is 18.6. The minimum atomic E-state index is -0.950. The summed E-state index contributed by atoms with van der Waals surface area (Å²) in [5.41, 5.74) is 1.66. The van der Waals surface area contributed by atoms with Crippen LogP contribution in [-0.4, -0.2) is 18.2 Å². The van der Waals surface area contributed by atoms with Crippen molar-refractivity contribution >= 4 is 28.1 Å². The summed E-state index contributed by atoms with van der Waals surface area (Å²) in [5, 5.41) is 14.5. The highest BCUT2D eigenvalue weighted by atomic mass is 16.5. The van der Waals surface area contributed by atoms with E-state index < -0.39 is 5.97 Å². The Hall–Kier alpha value is -3.01. The average molecular weight is 293 g/mol. The van der Waals surface area contributed by atoms with E-state index in [2.05, 4.69) is 5.32 Å². The lowest BCUT2D eigenvalue weighted by Gasteiger charge is -2.10. The number of para-hydroxylation sites is 1. The Kier molecular flexibility index (Phi) is 3.66. The van der Waals surface area contributed by atoms with Gasteiger partial charge in [-0.1, -0.05) is 24.3 Å². The SMILES string of the molecule is COc1ccc2cc(Nc3ccccc3C(=O)O)ccc2c1. The van der Waals surface area contributed by atoms with E-state index in [0.29, 0.717) is 5.69 Å². The van der Waals surface area contributed by atoms with Crippen molar-refractivity contribution in [3.8, 4) is 5.75 Å². The van der Waals surface area contributed by atoms with Crippen LogP contribution in [0, 0.1) is 0 Å². The molecule has 3 aromatic rings. The second-order valence-corrected chi connectivity index (χ2v) is 4.90. The molecule has 2 N–H and O–H groups in total. The Morgan fingerprint density at radius 1 is 1.00 bits per heavy atom. The number of hydrogen-bond acceptors (Lipinski definition) is 3. The Morgan fingerprint density at radius 2 is 1.73 bits per heavy atom. The number of carbonyl (C=O) groups is 1. The zero-order valence-corrected chi connectivity index (χ0v) is 12.0. The highest BCUT2D eigenvalue weighted by molar-refractivity contribution is 5.96. The van der Waals surface area contributed by atoms with Gasteiger partial charge in [0.1, 0.15) is 5.75 Å². The summed E-state index contributed by atoms with van der Waals surface area (Å²) in [6.45, 7) is 0.